The van der Waals surface area contributed by atoms with Crippen molar-refractivity contribution in [3.8, 4) is 0 Å². The molecule has 0 bridgehead atoms. The van der Waals surface area contributed by atoms with Gasteiger partial charge in [-0.1, -0.05) is 24.3 Å². The quantitative estimate of drug-likeness (QED) is 0.482. The lowest BCUT2D eigenvalue weighted by atomic mass is 10.2. The standard InChI is InChI=1S/C8H8N3O/c9-8(12)11-10-6-7-4-2-1-3-5-7/h2-6H,(H3,9,11,12). The van der Waals surface area contributed by atoms with Gasteiger partial charge in [0.15, 0.2) is 0 Å². The number of carbonyl (C=O) groups excluding carboxylic acids is 1. The van der Waals surface area contributed by atoms with E-state index in [0.29, 0.717) is 0 Å². The van der Waals surface area contributed by atoms with Crippen molar-refractivity contribution in [3.63, 3.8) is 0 Å². The lowest BCUT2D eigenvalue weighted by molar-refractivity contribution is 0.249. The van der Waals surface area contributed by atoms with Gasteiger partial charge in [0.1, 0.15) is 0 Å². The minimum absolute atomic E-state index is 0.672. The molecule has 1 rings (SSSR count). The SMILES string of the molecule is NC(=O)NN=Cc1cc[c]cc1. The van der Waals surface area contributed by atoms with Crippen molar-refractivity contribution in [2.45, 2.75) is 0 Å². The van der Waals surface area contributed by atoms with Gasteiger partial charge in [0.25, 0.3) is 0 Å². The summed E-state index contributed by atoms with van der Waals surface area (Å²) in [7, 11) is 0. The smallest absolute Gasteiger partial charge is 0.332 e. The number of nitrogens with zero attached hydrogens (tertiary/aromatic N) is 1. The fraction of sp³-hybridized carbons (Fsp3) is 0. The molecule has 0 spiro atoms. The lowest BCUT2D eigenvalue weighted by Crippen LogP contribution is -2.24. The van der Waals surface area contributed by atoms with Crippen molar-refractivity contribution in [3.05, 3.63) is 35.9 Å². The molecule has 0 saturated heterocycles. The highest BCUT2D eigenvalue weighted by atomic mass is 16.2. The minimum atomic E-state index is -0.672. The zero-order valence-electron chi connectivity index (χ0n) is 6.32. The number of urea groups is 1. The molecule has 0 heterocycles. The summed E-state index contributed by atoms with van der Waals surface area (Å²) < 4.78 is 0. The Hall–Kier alpha value is -1.84. The van der Waals surface area contributed by atoms with Crippen LogP contribution in [0.15, 0.2) is 29.4 Å². The average Bonchev–Trinajstić information content (AvgIpc) is 2.05. The second-order valence-electron chi connectivity index (χ2n) is 2.07. The number of benzene rings is 1. The maximum Gasteiger partial charge on any atom is 0.332 e. The first-order chi connectivity index (χ1) is 5.79. The Bertz CT molecular complexity index is 282. The van der Waals surface area contributed by atoms with Gasteiger partial charge in [-0.05, 0) is 11.6 Å². The van der Waals surface area contributed by atoms with Crippen molar-refractivity contribution in [2.75, 3.05) is 0 Å². The van der Waals surface area contributed by atoms with Crippen LogP contribution in [0.5, 0.6) is 0 Å². The van der Waals surface area contributed by atoms with E-state index in [-0.39, 0.29) is 0 Å². The highest BCUT2D eigenvalue weighted by Gasteiger charge is 1.85. The van der Waals surface area contributed by atoms with Crippen LogP contribution in [-0.2, 0) is 0 Å². The van der Waals surface area contributed by atoms with E-state index in [4.69, 9.17) is 5.73 Å². The third-order valence-electron chi connectivity index (χ3n) is 1.13. The second kappa shape index (κ2) is 4.12. The van der Waals surface area contributed by atoms with E-state index in [1.165, 1.54) is 6.21 Å². The zero-order chi connectivity index (χ0) is 8.81. The van der Waals surface area contributed by atoms with E-state index in [1.807, 2.05) is 12.1 Å². The van der Waals surface area contributed by atoms with Gasteiger partial charge in [0.05, 0.1) is 6.21 Å². The van der Waals surface area contributed by atoms with E-state index in [9.17, 15) is 4.79 Å². The number of hydrogen-bond acceptors (Lipinski definition) is 2. The Kier molecular flexibility index (Phi) is 2.84. The zero-order valence-corrected chi connectivity index (χ0v) is 6.32. The number of hydrogen-bond donors (Lipinski definition) is 2. The summed E-state index contributed by atoms with van der Waals surface area (Å²) in [5.74, 6) is 0. The van der Waals surface area contributed by atoms with Gasteiger partial charge in [-0.3, -0.25) is 0 Å². The lowest BCUT2D eigenvalue weighted by Gasteiger charge is -1.91. The van der Waals surface area contributed by atoms with Crippen molar-refractivity contribution < 1.29 is 4.79 Å². The van der Waals surface area contributed by atoms with Crippen LogP contribution in [0.1, 0.15) is 5.56 Å². The monoisotopic (exact) mass is 162 g/mol. The number of nitrogens with one attached hydrogen (secondary N) is 1. The molecule has 1 radical (unpaired) electrons. The first-order valence-electron chi connectivity index (χ1n) is 3.33. The third-order valence-corrected chi connectivity index (χ3v) is 1.13. The van der Waals surface area contributed by atoms with Gasteiger partial charge >= 0.3 is 6.03 Å². The first kappa shape index (κ1) is 8.26. The van der Waals surface area contributed by atoms with Gasteiger partial charge in [0.2, 0.25) is 0 Å². The minimum Gasteiger partial charge on any atom is -0.350 e. The van der Waals surface area contributed by atoms with Gasteiger partial charge in [-0.15, -0.1) is 0 Å². The Morgan fingerprint density at radius 1 is 1.58 bits per heavy atom. The van der Waals surface area contributed by atoms with Crippen LogP contribution < -0.4 is 11.2 Å². The Morgan fingerprint density at radius 2 is 2.25 bits per heavy atom. The summed E-state index contributed by atoms with van der Waals surface area (Å²) in [4.78, 5) is 10.2. The molecule has 4 nitrogen and oxygen atoms in total. The summed E-state index contributed by atoms with van der Waals surface area (Å²) in [6.45, 7) is 0. The van der Waals surface area contributed by atoms with Crippen LogP contribution in [0.3, 0.4) is 0 Å². The maximum atomic E-state index is 10.2. The van der Waals surface area contributed by atoms with E-state index in [2.05, 4.69) is 16.6 Å². The van der Waals surface area contributed by atoms with Crippen molar-refractivity contribution >= 4 is 12.2 Å². The molecule has 0 aliphatic carbocycles. The van der Waals surface area contributed by atoms with Crippen LogP contribution in [0, 0.1) is 6.07 Å². The first-order valence-corrected chi connectivity index (χ1v) is 3.33. The molecule has 12 heavy (non-hydrogen) atoms. The summed E-state index contributed by atoms with van der Waals surface area (Å²) in [6, 6.07) is 9.32. The van der Waals surface area contributed by atoms with Gasteiger partial charge in [0, 0.05) is 0 Å². The fourth-order valence-electron chi connectivity index (χ4n) is 0.656. The summed E-state index contributed by atoms with van der Waals surface area (Å²) in [5.41, 5.74) is 7.76. The van der Waals surface area contributed by atoms with Crippen LogP contribution in [0.2, 0.25) is 0 Å². The molecule has 1 aromatic rings. The molecule has 0 atom stereocenters. The largest absolute Gasteiger partial charge is 0.350 e. The molecule has 0 aliphatic rings. The van der Waals surface area contributed by atoms with Crippen molar-refractivity contribution in [2.24, 2.45) is 10.8 Å². The number of amides is 2. The van der Waals surface area contributed by atoms with Crippen molar-refractivity contribution in [1.82, 2.24) is 5.43 Å². The van der Waals surface area contributed by atoms with Gasteiger partial charge in [-0.25, -0.2) is 10.2 Å². The van der Waals surface area contributed by atoms with Gasteiger partial charge in [-0.2, -0.15) is 5.10 Å². The molecule has 61 valence electrons. The molecule has 0 saturated carbocycles. The van der Waals surface area contributed by atoms with Crippen LogP contribution in [-0.4, -0.2) is 12.2 Å². The molecule has 0 aromatic heterocycles. The Labute approximate surface area is 70.1 Å². The molecule has 1 aromatic carbocycles. The molecule has 3 N–H and O–H groups in total. The molecular formula is C8H8N3O. The molecule has 2 amide bonds. The van der Waals surface area contributed by atoms with Crippen LogP contribution >= 0.6 is 0 Å². The van der Waals surface area contributed by atoms with E-state index >= 15 is 0 Å². The van der Waals surface area contributed by atoms with Crippen LogP contribution in [0.25, 0.3) is 0 Å². The number of rotatable bonds is 2. The number of primary amides is 1. The fourth-order valence-corrected chi connectivity index (χ4v) is 0.656. The highest BCUT2D eigenvalue weighted by Crippen LogP contribution is 1.92. The summed E-state index contributed by atoms with van der Waals surface area (Å²) in [6.07, 6.45) is 1.50. The number of carbonyl (C=O) groups is 1. The Balaban J connectivity index is 2.52. The average molecular weight is 162 g/mol. The summed E-state index contributed by atoms with van der Waals surface area (Å²) >= 11 is 0. The van der Waals surface area contributed by atoms with Crippen molar-refractivity contribution in [1.29, 1.82) is 0 Å². The highest BCUT2D eigenvalue weighted by molar-refractivity contribution is 5.81. The summed E-state index contributed by atoms with van der Waals surface area (Å²) in [5, 5.41) is 3.58. The Morgan fingerprint density at radius 3 is 2.83 bits per heavy atom. The molecule has 0 aliphatic heterocycles. The molecular weight excluding hydrogens is 154 g/mol. The third kappa shape index (κ3) is 2.83. The molecule has 0 fully saturated rings. The molecule has 0 unspecified atom stereocenters. The topological polar surface area (TPSA) is 67.5 Å². The second-order valence-corrected chi connectivity index (χ2v) is 2.07. The van der Waals surface area contributed by atoms with E-state index < -0.39 is 6.03 Å². The predicted octanol–water partition coefficient (Wildman–Crippen LogP) is 0.489. The van der Waals surface area contributed by atoms with Crippen LogP contribution in [0.4, 0.5) is 4.79 Å². The number of hydrazone groups is 1. The van der Waals surface area contributed by atoms with Gasteiger partial charge < -0.3 is 5.73 Å². The normalized spacial score (nSPS) is 10.0. The molecule has 4 heteroatoms. The van der Waals surface area contributed by atoms with E-state index in [0.717, 1.165) is 5.56 Å². The predicted molar refractivity (Wildman–Crippen MR) is 45.6 cm³/mol. The maximum absolute atomic E-state index is 10.2. The number of nitrogens with two attached hydrogens (primary N) is 1. The van der Waals surface area contributed by atoms with E-state index in [1.54, 1.807) is 12.1 Å².